The van der Waals surface area contributed by atoms with Gasteiger partial charge in [0.1, 0.15) is 5.76 Å². The van der Waals surface area contributed by atoms with Gasteiger partial charge < -0.3 is 20.1 Å². The fourth-order valence-corrected chi connectivity index (χ4v) is 1.77. The summed E-state index contributed by atoms with van der Waals surface area (Å²) < 4.78 is 4.93. The van der Waals surface area contributed by atoms with Crippen LogP contribution < -0.4 is 0 Å². The number of phenols is 2. The number of aromatic hydroxyl groups is 2. The molecule has 110 valence electrons. The Balaban J connectivity index is 2.22. The molecule has 0 amide bonds. The topological polar surface area (TPSA) is 104 Å². The molecule has 21 heavy (non-hydrogen) atoms. The van der Waals surface area contributed by atoms with E-state index in [9.17, 15) is 24.9 Å². The second kappa shape index (κ2) is 5.41. The Hall–Kier alpha value is -2.60. The number of esters is 1. The molecule has 0 saturated carbocycles. The zero-order valence-electron chi connectivity index (χ0n) is 11.2. The molecule has 1 atom stereocenters. The summed E-state index contributed by atoms with van der Waals surface area (Å²) in [6, 6.07) is 4.14. The Morgan fingerprint density at radius 1 is 1.19 bits per heavy atom. The van der Waals surface area contributed by atoms with E-state index in [0.29, 0.717) is 5.56 Å². The van der Waals surface area contributed by atoms with E-state index in [2.05, 4.69) is 0 Å². The van der Waals surface area contributed by atoms with Crippen molar-refractivity contribution in [3.05, 3.63) is 41.7 Å². The summed E-state index contributed by atoms with van der Waals surface area (Å²) in [6.45, 7) is 1.21. The molecule has 0 spiro atoms. The highest BCUT2D eigenvalue weighted by Crippen LogP contribution is 2.26. The molecule has 3 N–H and O–H groups in total. The Bertz CT molecular complexity index is 654. The van der Waals surface area contributed by atoms with E-state index >= 15 is 0 Å². The lowest BCUT2D eigenvalue weighted by molar-refractivity contribution is -0.159. The summed E-state index contributed by atoms with van der Waals surface area (Å²) in [4.78, 5) is 23.2. The van der Waals surface area contributed by atoms with Gasteiger partial charge in [-0.15, -0.1) is 0 Å². The van der Waals surface area contributed by atoms with E-state index in [-0.39, 0.29) is 23.7 Å². The van der Waals surface area contributed by atoms with Gasteiger partial charge in [0.15, 0.2) is 22.9 Å². The van der Waals surface area contributed by atoms with Crippen LogP contribution in [0.3, 0.4) is 0 Å². The van der Waals surface area contributed by atoms with Crippen LogP contribution in [0.4, 0.5) is 0 Å². The number of aliphatic hydroxyl groups is 1. The van der Waals surface area contributed by atoms with E-state index in [1.807, 2.05) is 0 Å². The van der Waals surface area contributed by atoms with Crippen LogP contribution in [0.2, 0.25) is 0 Å². The van der Waals surface area contributed by atoms with Crippen LogP contribution in [0, 0.1) is 0 Å². The van der Waals surface area contributed by atoms with E-state index in [4.69, 9.17) is 4.74 Å². The minimum Gasteiger partial charge on any atom is -0.504 e. The SMILES string of the molecule is C[C@]1(O)CC(=O)C=C(/C=C/c2ccc(O)c(O)c2)OC1=O. The molecule has 0 unspecified atom stereocenters. The Morgan fingerprint density at radius 3 is 2.57 bits per heavy atom. The van der Waals surface area contributed by atoms with E-state index in [1.165, 1.54) is 37.3 Å². The highest BCUT2D eigenvalue weighted by atomic mass is 16.6. The van der Waals surface area contributed by atoms with E-state index in [0.717, 1.165) is 6.08 Å². The summed E-state index contributed by atoms with van der Waals surface area (Å²) in [6.07, 6.45) is 3.63. The second-order valence-corrected chi connectivity index (χ2v) is 4.93. The fourth-order valence-electron chi connectivity index (χ4n) is 1.77. The Labute approximate surface area is 120 Å². The highest BCUT2D eigenvalue weighted by molar-refractivity contribution is 5.98. The summed E-state index contributed by atoms with van der Waals surface area (Å²) in [5, 5.41) is 28.3. The van der Waals surface area contributed by atoms with Gasteiger partial charge in [-0.3, -0.25) is 4.79 Å². The first kappa shape index (κ1) is 14.8. The number of benzene rings is 1. The fraction of sp³-hybridized carbons (Fsp3) is 0.200. The number of cyclic esters (lactones) is 1. The predicted molar refractivity (Wildman–Crippen MR) is 73.2 cm³/mol. The summed E-state index contributed by atoms with van der Waals surface area (Å²) in [5.41, 5.74) is -1.31. The largest absolute Gasteiger partial charge is 0.504 e. The predicted octanol–water partition coefficient (Wildman–Crippen LogP) is 1.26. The molecule has 0 fully saturated rings. The zero-order valence-corrected chi connectivity index (χ0v) is 11.2. The molecule has 1 heterocycles. The maximum Gasteiger partial charge on any atom is 0.343 e. The van der Waals surface area contributed by atoms with Gasteiger partial charge in [0.25, 0.3) is 0 Å². The summed E-state index contributed by atoms with van der Waals surface area (Å²) >= 11 is 0. The van der Waals surface area contributed by atoms with E-state index < -0.39 is 17.4 Å². The van der Waals surface area contributed by atoms with Crippen molar-refractivity contribution in [1.29, 1.82) is 0 Å². The van der Waals surface area contributed by atoms with Crippen molar-refractivity contribution in [3.8, 4) is 11.5 Å². The van der Waals surface area contributed by atoms with Crippen molar-refractivity contribution < 1.29 is 29.6 Å². The van der Waals surface area contributed by atoms with Crippen LogP contribution in [-0.4, -0.2) is 32.7 Å². The normalized spacial score (nSPS) is 22.9. The zero-order chi connectivity index (χ0) is 15.6. The molecule has 6 heteroatoms. The van der Waals surface area contributed by atoms with Crippen LogP contribution >= 0.6 is 0 Å². The Kier molecular flexibility index (Phi) is 3.82. The molecule has 1 aromatic carbocycles. The van der Waals surface area contributed by atoms with Gasteiger partial charge in [-0.1, -0.05) is 12.1 Å². The minimum atomic E-state index is -1.85. The number of ketones is 1. The quantitative estimate of drug-likeness (QED) is 0.559. The summed E-state index contributed by atoms with van der Waals surface area (Å²) in [7, 11) is 0. The van der Waals surface area contributed by atoms with Crippen molar-refractivity contribution in [2.24, 2.45) is 0 Å². The smallest absolute Gasteiger partial charge is 0.343 e. The molecular formula is C15H14O6. The number of hydrogen-bond acceptors (Lipinski definition) is 6. The molecule has 0 aromatic heterocycles. The van der Waals surface area contributed by atoms with Crippen LogP contribution in [0.1, 0.15) is 18.9 Å². The lowest BCUT2D eigenvalue weighted by Crippen LogP contribution is -2.36. The molecule has 1 aliphatic heterocycles. The number of ether oxygens (including phenoxy) is 1. The van der Waals surface area contributed by atoms with Crippen LogP contribution in [0.5, 0.6) is 11.5 Å². The lowest BCUT2D eigenvalue weighted by Gasteiger charge is -2.16. The second-order valence-electron chi connectivity index (χ2n) is 4.93. The van der Waals surface area contributed by atoms with Gasteiger partial charge >= 0.3 is 5.97 Å². The monoisotopic (exact) mass is 290 g/mol. The van der Waals surface area contributed by atoms with Gasteiger partial charge in [-0.25, -0.2) is 4.79 Å². The van der Waals surface area contributed by atoms with Crippen molar-refractivity contribution in [2.75, 3.05) is 0 Å². The first-order valence-electron chi connectivity index (χ1n) is 6.17. The standard InChI is InChI=1S/C15H14O6/c1-15(20)8-10(16)7-11(21-14(15)19)4-2-9-3-5-12(17)13(18)6-9/h2-7,17-18,20H,8H2,1H3/b4-2+/t15-/m0/s1. The third-order valence-corrected chi connectivity index (χ3v) is 2.91. The van der Waals surface area contributed by atoms with Crippen molar-refractivity contribution in [3.63, 3.8) is 0 Å². The number of allylic oxidation sites excluding steroid dienone is 2. The molecule has 0 bridgehead atoms. The molecule has 0 saturated heterocycles. The van der Waals surface area contributed by atoms with Gasteiger partial charge in [0.05, 0.1) is 0 Å². The molecule has 6 nitrogen and oxygen atoms in total. The van der Waals surface area contributed by atoms with Gasteiger partial charge in [-0.05, 0) is 30.7 Å². The average molecular weight is 290 g/mol. The molecule has 0 aliphatic carbocycles. The maximum atomic E-state index is 11.6. The van der Waals surface area contributed by atoms with Crippen molar-refractivity contribution in [2.45, 2.75) is 18.9 Å². The van der Waals surface area contributed by atoms with Gasteiger partial charge in [-0.2, -0.15) is 0 Å². The molecule has 1 aliphatic rings. The van der Waals surface area contributed by atoms with Gasteiger partial charge in [0, 0.05) is 12.5 Å². The molecular weight excluding hydrogens is 276 g/mol. The van der Waals surface area contributed by atoms with Crippen molar-refractivity contribution >= 4 is 17.8 Å². The van der Waals surface area contributed by atoms with Crippen LogP contribution in [-0.2, 0) is 14.3 Å². The summed E-state index contributed by atoms with van der Waals surface area (Å²) in [5.74, 6) is -1.88. The van der Waals surface area contributed by atoms with Crippen LogP contribution in [0.15, 0.2) is 36.1 Å². The number of phenolic OH excluding ortho intramolecular Hbond substituents is 2. The van der Waals surface area contributed by atoms with Crippen LogP contribution in [0.25, 0.3) is 6.08 Å². The number of carbonyl (C=O) groups is 2. The Morgan fingerprint density at radius 2 is 1.90 bits per heavy atom. The third-order valence-electron chi connectivity index (χ3n) is 2.91. The molecule has 1 aromatic rings. The molecule has 2 rings (SSSR count). The highest BCUT2D eigenvalue weighted by Gasteiger charge is 2.37. The first-order chi connectivity index (χ1) is 9.78. The molecule has 0 radical (unpaired) electrons. The maximum absolute atomic E-state index is 11.6. The van der Waals surface area contributed by atoms with Crippen molar-refractivity contribution in [1.82, 2.24) is 0 Å². The third kappa shape index (κ3) is 3.49. The number of hydrogen-bond donors (Lipinski definition) is 3. The number of rotatable bonds is 2. The lowest BCUT2D eigenvalue weighted by atomic mass is 10.0. The van der Waals surface area contributed by atoms with Gasteiger partial charge in [0.2, 0.25) is 0 Å². The van der Waals surface area contributed by atoms with E-state index in [1.54, 1.807) is 0 Å². The number of carbonyl (C=O) groups excluding carboxylic acids is 2. The first-order valence-corrected chi connectivity index (χ1v) is 6.17. The minimum absolute atomic E-state index is 0.00432. The average Bonchev–Trinajstić information content (AvgIpc) is 2.47.